The molecule has 1 aliphatic rings. The zero-order valence-electron chi connectivity index (χ0n) is 8.32. The van der Waals surface area contributed by atoms with Crippen molar-refractivity contribution in [1.29, 1.82) is 0 Å². The second-order valence-corrected chi connectivity index (χ2v) is 4.31. The summed E-state index contributed by atoms with van der Waals surface area (Å²) >= 11 is 3.34. The maximum absolute atomic E-state index is 9.25. The Morgan fingerprint density at radius 1 is 1.47 bits per heavy atom. The van der Waals surface area contributed by atoms with E-state index < -0.39 is 0 Å². The highest BCUT2D eigenvalue weighted by Crippen LogP contribution is 2.22. The van der Waals surface area contributed by atoms with E-state index in [4.69, 9.17) is 4.74 Å². The van der Waals surface area contributed by atoms with Crippen LogP contribution in [0.3, 0.4) is 0 Å². The van der Waals surface area contributed by atoms with Gasteiger partial charge in [-0.3, -0.25) is 0 Å². The molecule has 0 spiro atoms. The van der Waals surface area contributed by atoms with E-state index in [-0.39, 0.29) is 6.61 Å². The van der Waals surface area contributed by atoms with Crippen molar-refractivity contribution in [1.82, 2.24) is 4.98 Å². The number of halogens is 1. The van der Waals surface area contributed by atoms with E-state index in [0.717, 1.165) is 42.2 Å². The van der Waals surface area contributed by atoms with Crippen LogP contribution in [-0.2, 0) is 11.3 Å². The van der Waals surface area contributed by atoms with Crippen molar-refractivity contribution in [3.05, 3.63) is 22.3 Å². The van der Waals surface area contributed by atoms with Gasteiger partial charge >= 0.3 is 0 Å². The molecule has 4 nitrogen and oxygen atoms in total. The minimum atomic E-state index is 0.0130. The molecular formula is C10H13BrN2O2. The number of aromatic nitrogens is 1. The van der Waals surface area contributed by atoms with Crippen molar-refractivity contribution in [2.45, 2.75) is 6.61 Å². The van der Waals surface area contributed by atoms with Gasteiger partial charge in [0.05, 0.1) is 19.8 Å². The summed E-state index contributed by atoms with van der Waals surface area (Å²) in [5.41, 5.74) is 0.853. The molecule has 1 N–H and O–H groups in total. The monoisotopic (exact) mass is 272 g/mol. The van der Waals surface area contributed by atoms with E-state index in [2.05, 4.69) is 25.8 Å². The van der Waals surface area contributed by atoms with E-state index in [0.29, 0.717) is 0 Å². The molecule has 0 radical (unpaired) electrons. The SMILES string of the molecule is OCc1cc(Br)cnc1N1CCOCC1. The molecule has 0 saturated carbocycles. The number of anilines is 1. The molecule has 1 aliphatic heterocycles. The van der Waals surface area contributed by atoms with Crippen LogP contribution in [0.1, 0.15) is 5.56 Å². The number of rotatable bonds is 2. The van der Waals surface area contributed by atoms with Gasteiger partial charge in [-0.2, -0.15) is 0 Å². The predicted octanol–water partition coefficient (Wildman–Crippen LogP) is 1.17. The zero-order valence-corrected chi connectivity index (χ0v) is 9.90. The number of aliphatic hydroxyl groups excluding tert-OH is 1. The Labute approximate surface area is 97.0 Å². The van der Waals surface area contributed by atoms with Gasteiger partial charge in [0.25, 0.3) is 0 Å². The van der Waals surface area contributed by atoms with Crippen LogP contribution in [0, 0.1) is 0 Å². The number of hydrogen-bond acceptors (Lipinski definition) is 4. The third-order valence-corrected chi connectivity index (χ3v) is 2.82. The molecule has 0 atom stereocenters. The fourth-order valence-electron chi connectivity index (χ4n) is 1.65. The normalized spacial score (nSPS) is 16.8. The van der Waals surface area contributed by atoms with Gasteiger partial charge in [0.2, 0.25) is 0 Å². The molecule has 5 heteroatoms. The first-order valence-electron chi connectivity index (χ1n) is 4.89. The first kappa shape index (κ1) is 10.9. The molecule has 1 aromatic rings. The molecule has 1 fully saturated rings. The highest BCUT2D eigenvalue weighted by Gasteiger charge is 2.15. The quantitative estimate of drug-likeness (QED) is 0.878. The second-order valence-electron chi connectivity index (χ2n) is 3.39. The van der Waals surface area contributed by atoms with Crippen LogP contribution in [0.25, 0.3) is 0 Å². The number of hydrogen-bond donors (Lipinski definition) is 1. The van der Waals surface area contributed by atoms with Crippen molar-refractivity contribution in [2.24, 2.45) is 0 Å². The predicted molar refractivity (Wildman–Crippen MR) is 60.9 cm³/mol. The number of morpholine rings is 1. The standard InChI is InChI=1S/C10H13BrN2O2/c11-9-5-8(7-14)10(12-6-9)13-1-3-15-4-2-13/h5-6,14H,1-4,7H2. The van der Waals surface area contributed by atoms with Crippen molar-refractivity contribution < 1.29 is 9.84 Å². The van der Waals surface area contributed by atoms with E-state index in [9.17, 15) is 5.11 Å². The van der Waals surface area contributed by atoms with Gasteiger partial charge in [0.15, 0.2) is 0 Å². The van der Waals surface area contributed by atoms with Gasteiger partial charge in [-0.05, 0) is 22.0 Å². The molecular weight excluding hydrogens is 260 g/mol. The topological polar surface area (TPSA) is 45.6 Å². The molecule has 82 valence electrons. The van der Waals surface area contributed by atoms with Gasteiger partial charge in [0.1, 0.15) is 5.82 Å². The van der Waals surface area contributed by atoms with Crippen molar-refractivity contribution in [3.63, 3.8) is 0 Å². The van der Waals surface area contributed by atoms with Crippen LogP contribution in [0.15, 0.2) is 16.7 Å². The van der Waals surface area contributed by atoms with Gasteiger partial charge in [0, 0.05) is 29.3 Å². The summed E-state index contributed by atoms with van der Waals surface area (Å²) in [6.07, 6.45) is 1.75. The van der Waals surface area contributed by atoms with Gasteiger partial charge < -0.3 is 14.7 Å². The maximum atomic E-state index is 9.25. The lowest BCUT2D eigenvalue weighted by Crippen LogP contribution is -2.37. The van der Waals surface area contributed by atoms with Crippen LogP contribution in [0.2, 0.25) is 0 Å². The van der Waals surface area contributed by atoms with Crippen LogP contribution in [-0.4, -0.2) is 36.4 Å². The van der Waals surface area contributed by atoms with Crippen molar-refractivity contribution >= 4 is 21.7 Å². The number of nitrogens with zero attached hydrogens (tertiary/aromatic N) is 2. The highest BCUT2D eigenvalue weighted by molar-refractivity contribution is 9.10. The summed E-state index contributed by atoms with van der Waals surface area (Å²) in [6, 6.07) is 1.90. The third-order valence-electron chi connectivity index (χ3n) is 2.39. The van der Waals surface area contributed by atoms with Crippen LogP contribution in [0.4, 0.5) is 5.82 Å². The summed E-state index contributed by atoms with van der Waals surface area (Å²) in [7, 11) is 0. The maximum Gasteiger partial charge on any atom is 0.134 e. The average molecular weight is 273 g/mol. The summed E-state index contributed by atoms with van der Waals surface area (Å²) in [4.78, 5) is 6.48. The van der Waals surface area contributed by atoms with E-state index >= 15 is 0 Å². The van der Waals surface area contributed by atoms with Crippen molar-refractivity contribution in [3.8, 4) is 0 Å². The van der Waals surface area contributed by atoms with Crippen LogP contribution < -0.4 is 4.90 Å². The minimum Gasteiger partial charge on any atom is -0.392 e. The molecule has 1 saturated heterocycles. The molecule has 0 aromatic carbocycles. The Kier molecular flexibility index (Phi) is 3.56. The molecule has 0 bridgehead atoms. The van der Waals surface area contributed by atoms with E-state index in [1.165, 1.54) is 0 Å². The second kappa shape index (κ2) is 4.92. The Balaban J connectivity index is 2.25. The molecule has 15 heavy (non-hydrogen) atoms. The zero-order chi connectivity index (χ0) is 10.7. The largest absolute Gasteiger partial charge is 0.392 e. The number of ether oxygens (including phenoxy) is 1. The summed E-state index contributed by atoms with van der Waals surface area (Å²) in [6.45, 7) is 3.13. The van der Waals surface area contributed by atoms with E-state index in [1.807, 2.05) is 6.07 Å². The number of aliphatic hydroxyl groups is 1. The first-order chi connectivity index (χ1) is 7.31. The summed E-state index contributed by atoms with van der Waals surface area (Å²) in [5.74, 6) is 0.865. The fraction of sp³-hybridized carbons (Fsp3) is 0.500. The van der Waals surface area contributed by atoms with Crippen LogP contribution >= 0.6 is 15.9 Å². The smallest absolute Gasteiger partial charge is 0.134 e. The van der Waals surface area contributed by atoms with Gasteiger partial charge in [-0.25, -0.2) is 4.98 Å². The molecule has 0 unspecified atom stereocenters. The average Bonchev–Trinajstić information content (AvgIpc) is 2.30. The van der Waals surface area contributed by atoms with Gasteiger partial charge in [-0.15, -0.1) is 0 Å². The molecule has 2 rings (SSSR count). The minimum absolute atomic E-state index is 0.0130. The Bertz CT molecular complexity index is 340. The van der Waals surface area contributed by atoms with Crippen LogP contribution in [0.5, 0.6) is 0 Å². The lowest BCUT2D eigenvalue weighted by molar-refractivity contribution is 0.122. The van der Waals surface area contributed by atoms with Gasteiger partial charge in [-0.1, -0.05) is 0 Å². The summed E-state index contributed by atoms with van der Waals surface area (Å²) in [5, 5.41) is 9.25. The molecule has 2 heterocycles. The fourth-order valence-corrected chi connectivity index (χ4v) is 2.03. The Morgan fingerprint density at radius 3 is 2.87 bits per heavy atom. The highest BCUT2D eigenvalue weighted by atomic mass is 79.9. The molecule has 1 aromatic heterocycles. The third kappa shape index (κ3) is 2.48. The lowest BCUT2D eigenvalue weighted by atomic mass is 10.2. The van der Waals surface area contributed by atoms with E-state index in [1.54, 1.807) is 6.20 Å². The summed E-state index contributed by atoms with van der Waals surface area (Å²) < 4.78 is 6.17. The lowest BCUT2D eigenvalue weighted by Gasteiger charge is -2.29. The Morgan fingerprint density at radius 2 is 2.20 bits per heavy atom. The Hall–Kier alpha value is -0.650. The first-order valence-corrected chi connectivity index (χ1v) is 5.68. The molecule has 0 aliphatic carbocycles. The number of pyridine rings is 1. The van der Waals surface area contributed by atoms with Crippen molar-refractivity contribution in [2.75, 3.05) is 31.2 Å². The molecule has 0 amide bonds.